The lowest BCUT2D eigenvalue weighted by Crippen LogP contribution is -2.17. The third-order valence-electron chi connectivity index (χ3n) is 5.83. The predicted octanol–water partition coefficient (Wildman–Crippen LogP) is 6.03. The highest BCUT2D eigenvalue weighted by Gasteiger charge is 2.30. The average Bonchev–Trinajstić information content (AvgIpc) is 3.32. The summed E-state index contributed by atoms with van der Waals surface area (Å²) >= 11 is 0. The fraction of sp³-hybridized carbons (Fsp3) is 0.207. The Labute approximate surface area is 212 Å². The summed E-state index contributed by atoms with van der Waals surface area (Å²) in [5.41, 5.74) is 2.64. The standard InChI is InChI=1S/C29H26F3NO4/c1-2-36-22-15-11-20(12-16-22)24(19-9-13-21(14-10-19)29(30,31)32)5-3-8-28(35)33-26-6-4-7-27-25(26)17-23(18-34)37-27/h3-16,23,34H,2,17-18H2,1H3,(H,33,35)/b8-3+,24-5+. The van der Waals surface area contributed by atoms with Gasteiger partial charge in [0.2, 0.25) is 5.91 Å². The average molecular weight is 510 g/mol. The highest BCUT2D eigenvalue weighted by atomic mass is 19.4. The van der Waals surface area contributed by atoms with E-state index in [-0.39, 0.29) is 18.6 Å². The van der Waals surface area contributed by atoms with Gasteiger partial charge in [-0.1, -0.05) is 42.5 Å². The lowest BCUT2D eigenvalue weighted by Gasteiger charge is -2.12. The van der Waals surface area contributed by atoms with Crippen LogP contribution in [0.2, 0.25) is 0 Å². The van der Waals surface area contributed by atoms with Crippen LogP contribution in [0.1, 0.15) is 29.2 Å². The molecule has 192 valence electrons. The highest BCUT2D eigenvalue weighted by molar-refractivity contribution is 6.00. The Kier molecular flexibility index (Phi) is 7.98. The Morgan fingerprint density at radius 1 is 1.08 bits per heavy atom. The van der Waals surface area contributed by atoms with E-state index < -0.39 is 11.7 Å². The number of benzene rings is 3. The molecule has 0 radical (unpaired) electrons. The number of aliphatic hydroxyl groups excluding tert-OH is 1. The van der Waals surface area contributed by atoms with E-state index in [1.165, 1.54) is 18.2 Å². The Balaban J connectivity index is 1.57. The SMILES string of the molecule is CCOc1ccc(/C(=C/C=C/C(=O)Nc2cccc3c2CC(CO)O3)c2ccc(C(F)(F)F)cc2)cc1. The number of hydrogen-bond acceptors (Lipinski definition) is 4. The van der Waals surface area contributed by atoms with Crippen LogP contribution >= 0.6 is 0 Å². The number of halogens is 3. The number of nitrogens with one attached hydrogen (secondary N) is 1. The van der Waals surface area contributed by atoms with Gasteiger partial charge in [-0.2, -0.15) is 13.2 Å². The monoisotopic (exact) mass is 509 g/mol. The number of anilines is 1. The van der Waals surface area contributed by atoms with Gasteiger partial charge in [-0.15, -0.1) is 0 Å². The first-order valence-electron chi connectivity index (χ1n) is 11.8. The molecule has 2 N–H and O–H groups in total. The van der Waals surface area contributed by atoms with Crippen molar-refractivity contribution < 1.29 is 32.5 Å². The summed E-state index contributed by atoms with van der Waals surface area (Å²) in [6.07, 6.45) is 0.290. The van der Waals surface area contributed by atoms with E-state index in [4.69, 9.17) is 9.47 Å². The molecule has 0 aromatic heterocycles. The number of carbonyl (C=O) groups is 1. The lowest BCUT2D eigenvalue weighted by atomic mass is 9.96. The number of amides is 1. The first-order chi connectivity index (χ1) is 17.8. The number of aliphatic hydroxyl groups is 1. The summed E-state index contributed by atoms with van der Waals surface area (Å²) in [6, 6.07) is 17.4. The van der Waals surface area contributed by atoms with Crippen LogP contribution in [0.3, 0.4) is 0 Å². The van der Waals surface area contributed by atoms with E-state index >= 15 is 0 Å². The summed E-state index contributed by atoms with van der Waals surface area (Å²) in [4.78, 5) is 12.6. The molecule has 0 bridgehead atoms. The summed E-state index contributed by atoms with van der Waals surface area (Å²) in [5.74, 6) is 0.923. The number of hydrogen-bond donors (Lipinski definition) is 2. The largest absolute Gasteiger partial charge is 0.494 e. The molecule has 1 aliphatic heterocycles. The van der Waals surface area contributed by atoms with Crippen molar-refractivity contribution in [2.24, 2.45) is 0 Å². The van der Waals surface area contributed by atoms with Gasteiger partial charge < -0.3 is 19.9 Å². The molecule has 0 saturated carbocycles. The normalized spacial score (nSPS) is 15.4. The maximum atomic E-state index is 13.1. The van der Waals surface area contributed by atoms with E-state index in [0.29, 0.717) is 41.4 Å². The minimum atomic E-state index is -4.43. The molecule has 3 aromatic carbocycles. The summed E-state index contributed by atoms with van der Waals surface area (Å²) < 4.78 is 50.3. The zero-order valence-electron chi connectivity index (χ0n) is 20.1. The molecule has 5 nitrogen and oxygen atoms in total. The molecular weight excluding hydrogens is 483 g/mol. The van der Waals surface area contributed by atoms with Crippen molar-refractivity contribution in [2.75, 3.05) is 18.5 Å². The molecule has 3 aromatic rings. The van der Waals surface area contributed by atoms with Gasteiger partial charge in [-0.25, -0.2) is 0 Å². The highest BCUT2D eigenvalue weighted by Crippen LogP contribution is 2.35. The molecular formula is C29H26F3NO4. The van der Waals surface area contributed by atoms with Crippen LogP contribution in [0.15, 0.2) is 85.0 Å². The van der Waals surface area contributed by atoms with Crippen molar-refractivity contribution in [1.29, 1.82) is 0 Å². The van der Waals surface area contributed by atoms with Gasteiger partial charge >= 0.3 is 6.18 Å². The van der Waals surface area contributed by atoms with Crippen LogP contribution in [-0.4, -0.2) is 30.3 Å². The van der Waals surface area contributed by atoms with Crippen molar-refractivity contribution in [3.05, 3.63) is 107 Å². The maximum absolute atomic E-state index is 13.1. The first kappa shape index (κ1) is 26.0. The Bertz CT molecular complexity index is 1300. The van der Waals surface area contributed by atoms with Crippen LogP contribution in [-0.2, 0) is 17.4 Å². The maximum Gasteiger partial charge on any atom is 0.416 e. The Morgan fingerprint density at radius 3 is 2.38 bits per heavy atom. The minimum absolute atomic E-state index is 0.120. The van der Waals surface area contributed by atoms with E-state index in [1.807, 2.05) is 19.1 Å². The number of rotatable bonds is 8. The van der Waals surface area contributed by atoms with Crippen LogP contribution in [0.25, 0.3) is 5.57 Å². The number of alkyl halides is 3. The number of carbonyl (C=O) groups excluding carboxylic acids is 1. The second kappa shape index (κ2) is 11.3. The van der Waals surface area contributed by atoms with Crippen molar-refractivity contribution in [3.8, 4) is 11.5 Å². The smallest absolute Gasteiger partial charge is 0.416 e. The van der Waals surface area contributed by atoms with Gasteiger partial charge in [0.05, 0.1) is 18.8 Å². The quantitative estimate of drug-likeness (QED) is 0.288. The van der Waals surface area contributed by atoms with Crippen LogP contribution in [0, 0.1) is 0 Å². The predicted molar refractivity (Wildman–Crippen MR) is 136 cm³/mol. The van der Waals surface area contributed by atoms with Gasteiger partial charge in [-0.3, -0.25) is 4.79 Å². The Morgan fingerprint density at radius 2 is 1.76 bits per heavy atom. The molecule has 0 aliphatic carbocycles. The van der Waals surface area contributed by atoms with Gasteiger partial charge in [0, 0.05) is 23.7 Å². The van der Waals surface area contributed by atoms with Crippen molar-refractivity contribution >= 4 is 17.2 Å². The fourth-order valence-corrected chi connectivity index (χ4v) is 4.06. The van der Waals surface area contributed by atoms with E-state index in [1.54, 1.807) is 42.5 Å². The number of ether oxygens (including phenoxy) is 2. The third-order valence-corrected chi connectivity index (χ3v) is 5.83. The number of fused-ring (bicyclic) bond motifs is 1. The van der Waals surface area contributed by atoms with Gasteiger partial charge in [0.25, 0.3) is 0 Å². The van der Waals surface area contributed by atoms with Crippen molar-refractivity contribution in [1.82, 2.24) is 0 Å². The topological polar surface area (TPSA) is 67.8 Å². The molecule has 1 amide bonds. The Hall–Kier alpha value is -4.04. The minimum Gasteiger partial charge on any atom is -0.494 e. The second-order valence-corrected chi connectivity index (χ2v) is 8.37. The molecule has 1 unspecified atom stereocenters. The molecule has 0 saturated heterocycles. The summed E-state index contributed by atoms with van der Waals surface area (Å²) in [7, 11) is 0. The van der Waals surface area contributed by atoms with Crippen molar-refractivity contribution in [2.45, 2.75) is 25.6 Å². The fourth-order valence-electron chi connectivity index (χ4n) is 4.06. The van der Waals surface area contributed by atoms with E-state index in [2.05, 4.69) is 5.32 Å². The summed E-state index contributed by atoms with van der Waals surface area (Å²) in [6.45, 7) is 2.26. The van der Waals surface area contributed by atoms with Crippen molar-refractivity contribution in [3.63, 3.8) is 0 Å². The molecule has 1 aliphatic rings. The molecule has 4 rings (SSSR count). The zero-order valence-corrected chi connectivity index (χ0v) is 20.1. The summed E-state index contributed by atoms with van der Waals surface area (Å²) in [5, 5.41) is 12.2. The van der Waals surface area contributed by atoms with E-state index in [9.17, 15) is 23.1 Å². The van der Waals surface area contributed by atoms with Gasteiger partial charge in [-0.05, 0) is 60.0 Å². The first-order valence-corrected chi connectivity index (χ1v) is 11.8. The van der Waals surface area contributed by atoms with Crippen LogP contribution in [0.4, 0.5) is 18.9 Å². The zero-order chi connectivity index (χ0) is 26.4. The van der Waals surface area contributed by atoms with Gasteiger partial charge in [0.1, 0.15) is 17.6 Å². The third kappa shape index (κ3) is 6.40. The van der Waals surface area contributed by atoms with Gasteiger partial charge in [0.15, 0.2) is 0 Å². The van der Waals surface area contributed by atoms with E-state index in [0.717, 1.165) is 23.3 Å². The number of allylic oxidation sites excluding steroid dienone is 2. The molecule has 8 heteroatoms. The molecule has 1 atom stereocenters. The molecule has 0 spiro atoms. The molecule has 0 fully saturated rings. The lowest BCUT2D eigenvalue weighted by molar-refractivity contribution is -0.137. The van der Waals surface area contributed by atoms with Crippen LogP contribution < -0.4 is 14.8 Å². The second-order valence-electron chi connectivity index (χ2n) is 8.37. The molecule has 37 heavy (non-hydrogen) atoms. The van der Waals surface area contributed by atoms with Crippen LogP contribution in [0.5, 0.6) is 11.5 Å². The molecule has 1 heterocycles.